The summed E-state index contributed by atoms with van der Waals surface area (Å²) in [7, 11) is -13.0. The number of carboxylic acids is 1. The molecule has 14 nitrogen and oxygen atoms in total. The molecule has 60 heavy (non-hydrogen) atoms. The van der Waals surface area contributed by atoms with Gasteiger partial charge in [0.25, 0.3) is 20.2 Å². The molecule has 3 heterocycles. The van der Waals surface area contributed by atoms with Crippen molar-refractivity contribution in [2.45, 2.75) is 63.7 Å². The molecule has 0 saturated carbocycles. The van der Waals surface area contributed by atoms with E-state index in [0.29, 0.717) is 64.9 Å². The molecular weight excluding hydrogens is 865 g/mol. The molecular formula is C41H47ClN3NaO11S3. The van der Waals surface area contributed by atoms with E-state index in [1.165, 1.54) is 18.2 Å². The van der Waals surface area contributed by atoms with Crippen LogP contribution in [0.3, 0.4) is 0 Å². The number of allylic oxidation sites excluding steroid dienone is 10. The summed E-state index contributed by atoms with van der Waals surface area (Å²) >= 11 is 6.50. The van der Waals surface area contributed by atoms with Gasteiger partial charge in [0.2, 0.25) is 5.69 Å². The minimum atomic E-state index is -4.76. The number of hydrogen-bond donors (Lipinski definition) is 3. The minimum absolute atomic E-state index is 0. The van der Waals surface area contributed by atoms with Gasteiger partial charge in [0.05, 0.1) is 38.1 Å². The number of fused-ring (bicyclic) bond motifs is 2. The van der Waals surface area contributed by atoms with Crippen LogP contribution in [0.25, 0.3) is 5.57 Å². The van der Waals surface area contributed by atoms with Crippen molar-refractivity contribution in [3.63, 3.8) is 0 Å². The number of benzene rings is 2. The molecule has 0 aliphatic carbocycles. The summed E-state index contributed by atoms with van der Waals surface area (Å²) in [6.07, 6.45) is 15.6. The number of halogens is 1. The average Bonchev–Trinajstić information content (AvgIpc) is 3.50. The van der Waals surface area contributed by atoms with Crippen molar-refractivity contribution in [3.8, 4) is 0 Å². The third kappa shape index (κ3) is 12.1. The fourth-order valence-corrected chi connectivity index (χ4v) is 9.10. The van der Waals surface area contributed by atoms with Crippen LogP contribution in [-0.4, -0.2) is 125 Å². The van der Waals surface area contributed by atoms with E-state index in [-0.39, 0.29) is 58.6 Å². The standard InChI is InChI=1S/C41H46ClN3O11S3.Na.H/c1-40(2)34-25-31(42)27-44(20-5-7-22-57(48,49)50)38(34)43-36(40)16-10-12-28(29-14-9-15-30(24-29)39(46)47)13-11-17-37-41(3,4)33-26-32(59(54,55)56)18-19-35(33)45(37)21-6-8-23-58(51,52)53;;/h9-19,24-27H,5-8,20-23H2,1-4H3,(H3-,46,47,48,49,50,51,52,53,54,55,56);;. The van der Waals surface area contributed by atoms with E-state index in [1.807, 2.05) is 55.4 Å². The third-order valence-corrected chi connectivity index (χ3v) is 13.0. The Kier molecular flexibility index (Phi) is 15.8. The molecule has 0 atom stereocenters. The summed E-state index contributed by atoms with van der Waals surface area (Å²) in [5.41, 5.74) is 3.42. The summed E-state index contributed by atoms with van der Waals surface area (Å²) in [4.78, 5) is 18.3. The zero-order valence-electron chi connectivity index (χ0n) is 32.9. The van der Waals surface area contributed by atoms with Gasteiger partial charge >= 0.3 is 35.5 Å². The molecule has 0 aromatic heterocycles. The Morgan fingerprint density at radius 3 is 2.18 bits per heavy atom. The zero-order chi connectivity index (χ0) is 43.6. The Hall–Kier alpha value is -3.49. The van der Waals surface area contributed by atoms with Crippen molar-refractivity contribution in [1.29, 1.82) is 0 Å². The van der Waals surface area contributed by atoms with Crippen LogP contribution < -0.4 is 0 Å². The second-order valence-corrected chi connectivity index (χ2v) is 20.3. The number of unbranched alkanes of at least 4 members (excludes halogenated alkanes) is 2. The topological polar surface area (TPSA) is 222 Å². The molecule has 2 aromatic carbocycles. The van der Waals surface area contributed by atoms with Crippen molar-refractivity contribution in [2.75, 3.05) is 24.6 Å². The van der Waals surface area contributed by atoms with Crippen molar-refractivity contribution in [2.24, 2.45) is 10.4 Å². The van der Waals surface area contributed by atoms with E-state index in [0.717, 1.165) is 11.3 Å². The van der Waals surface area contributed by atoms with Gasteiger partial charge in [-0.3, -0.25) is 9.11 Å². The van der Waals surface area contributed by atoms with E-state index >= 15 is 0 Å². The SMILES string of the molecule is CC1(C)C(=CC=CC(=CC=CC2=[N+](CCCCS(=O)(=O)O)c3ccc(S(=O)(=O)[O-])cc3C2(C)C)c2cccc(C(=O)O)c2)N=C2C1=CC(Cl)=CN2CCCCS(=O)(=O)O.[NaH]. The number of nitrogens with zero attached hydrogens (tertiary/aromatic N) is 3. The van der Waals surface area contributed by atoms with Crippen LogP contribution in [-0.2, 0) is 35.8 Å². The fourth-order valence-electron chi connectivity index (χ4n) is 7.23. The number of carboxylic acid groups (broad SMARTS) is 1. The summed E-state index contributed by atoms with van der Waals surface area (Å²) in [6.45, 7) is 8.48. The summed E-state index contributed by atoms with van der Waals surface area (Å²) < 4.78 is 101. The maximum absolute atomic E-state index is 12.0. The molecule has 2 aromatic rings. The van der Waals surface area contributed by atoms with Crippen LogP contribution in [0, 0.1) is 5.41 Å². The number of aliphatic imine (C=N–C) groups is 1. The third-order valence-electron chi connectivity index (χ3n) is 10.4. The van der Waals surface area contributed by atoms with E-state index in [4.69, 9.17) is 21.1 Å². The number of aromatic carboxylic acids is 1. The van der Waals surface area contributed by atoms with E-state index in [1.54, 1.807) is 54.8 Å². The number of rotatable bonds is 17. The molecule has 3 N–H and O–H groups in total. The second kappa shape index (κ2) is 19.3. The monoisotopic (exact) mass is 911 g/mol. The second-order valence-electron chi connectivity index (χ2n) is 15.4. The van der Waals surface area contributed by atoms with Crippen molar-refractivity contribution in [1.82, 2.24) is 4.90 Å². The first-order valence-electron chi connectivity index (χ1n) is 18.6. The first-order valence-corrected chi connectivity index (χ1v) is 23.6. The Morgan fingerprint density at radius 1 is 0.900 bits per heavy atom. The maximum atomic E-state index is 12.0. The van der Waals surface area contributed by atoms with Crippen molar-refractivity contribution >= 4 is 100 Å². The molecule has 0 fully saturated rings. The van der Waals surface area contributed by atoms with Gasteiger partial charge in [-0.05, 0) is 80.7 Å². The molecule has 0 saturated heterocycles. The van der Waals surface area contributed by atoms with Crippen LogP contribution in [0.1, 0.15) is 74.9 Å². The van der Waals surface area contributed by atoms with Crippen LogP contribution in [0.2, 0.25) is 0 Å². The molecule has 3 aliphatic rings. The van der Waals surface area contributed by atoms with Gasteiger partial charge in [0.1, 0.15) is 22.5 Å². The summed E-state index contributed by atoms with van der Waals surface area (Å²) in [5.74, 6) is -1.22. The Bertz CT molecular complexity index is 2640. The van der Waals surface area contributed by atoms with Crippen LogP contribution >= 0.6 is 11.6 Å². The Morgan fingerprint density at radius 2 is 1.55 bits per heavy atom. The zero-order valence-corrected chi connectivity index (χ0v) is 36.1. The van der Waals surface area contributed by atoms with Crippen LogP contribution in [0.4, 0.5) is 5.69 Å². The first kappa shape index (κ1) is 49.2. The van der Waals surface area contributed by atoms with Gasteiger partial charge in [0, 0.05) is 47.9 Å². The fraction of sp³-hybridized carbons (Fsp3) is 0.341. The van der Waals surface area contributed by atoms with E-state index < -0.39 is 52.9 Å². The van der Waals surface area contributed by atoms with Gasteiger partial charge in [-0.25, -0.2) is 18.2 Å². The average molecular weight is 912 g/mol. The Labute approximate surface area is 378 Å². The van der Waals surface area contributed by atoms with Crippen molar-refractivity contribution in [3.05, 3.63) is 124 Å². The Balaban J connectivity index is 0.00000794. The molecule has 0 bridgehead atoms. The van der Waals surface area contributed by atoms with Gasteiger partial charge in [-0.2, -0.15) is 21.4 Å². The van der Waals surface area contributed by atoms with Gasteiger partial charge in [0.15, 0.2) is 5.71 Å². The molecule has 19 heteroatoms. The van der Waals surface area contributed by atoms with Crippen LogP contribution in [0.15, 0.2) is 117 Å². The molecule has 5 rings (SSSR count). The molecule has 0 amide bonds. The normalized spacial score (nSPS) is 18.4. The van der Waals surface area contributed by atoms with E-state index in [9.17, 15) is 44.3 Å². The molecule has 0 unspecified atom stereocenters. The van der Waals surface area contributed by atoms with Gasteiger partial charge in [-0.15, -0.1) is 0 Å². The van der Waals surface area contributed by atoms with Crippen molar-refractivity contribution < 1.29 is 53.4 Å². The molecule has 318 valence electrons. The predicted octanol–water partition coefficient (Wildman–Crippen LogP) is 6.19. The van der Waals surface area contributed by atoms with E-state index in [2.05, 4.69) is 0 Å². The quantitative estimate of drug-likeness (QED) is 0.0532. The number of carbonyl (C=O) groups is 1. The summed E-state index contributed by atoms with van der Waals surface area (Å²) in [6, 6.07) is 10.6. The number of amidine groups is 1. The van der Waals surface area contributed by atoms with Gasteiger partial charge < -0.3 is 14.6 Å². The van der Waals surface area contributed by atoms with Gasteiger partial charge in [-0.1, -0.05) is 61.9 Å². The first-order chi connectivity index (χ1) is 27.4. The molecule has 0 radical (unpaired) electrons. The molecule has 0 spiro atoms. The number of hydrogen-bond acceptors (Lipinski definition) is 10. The summed E-state index contributed by atoms with van der Waals surface area (Å²) in [5, 5.41) is 10.2. The molecule has 3 aliphatic heterocycles. The predicted molar refractivity (Wildman–Crippen MR) is 233 cm³/mol. The van der Waals surface area contributed by atoms with Crippen LogP contribution in [0.5, 0.6) is 0 Å².